The highest BCUT2D eigenvalue weighted by atomic mass is 32.2. The smallest absolute Gasteiger partial charge is 0.337 e. The zero-order valence-corrected chi connectivity index (χ0v) is 11.4. The lowest BCUT2D eigenvalue weighted by Gasteiger charge is -2.12. The first-order valence-electron chi connectivity index (χ1n) is 5.51. The largest absolute Gasteiger partial charge is 0.478 e. The molecule has 1 aliphatic heterocycles. The van der Waals surface area contributed by atoms with Crippen molar-refractivity contribution in [2.24, 2.45) is 0 Å². The summed E-state index contributed by atoms with van der Waals surface area (Å²) in [7, 11) is -7.29. The minimum Gasteiger partial charge on any atom is -0.478 e. The number of rotatable bonds is 3. The van der Waals surface area contributed by atoms with Gasteiger partial charge >= 0.3 is 5.97 Å². The summed E-state index contributed by atoms with van der Waals surface area (Å²) in [5.41, 5.74) is -0.327. The molecule has 8 heteroatoms. The SMILES string of the molecule is O=C(O)c1ccccc1S(=O)(=O)C1CCS(=O)(=O)C1. The Labute approximate surface area is 110 Å². The first-order valence-corrected chi connectivity index (χ1v) is 8.87. The number of hydrogen-bond acceptors (Lipinski definition) is 5. The van der Waals surface area contributed by atoms with Crippen molar-refractivity contribution in [1.82, 2.24) is 0 Å². The number of benzene rings is 1. The van der Waals surface area contributed by atoms with Gasteiger partial charge in [0.1, 0.15) is 0 Å². The molecule has 1 N–H and O–H groups in total. The van der Waals surface area contributed by atoms with Gasteiger partial charge in [-0.05, 0) is 18.6 Å². The van der Waals surface area contributed by atoms with E-state index in [0.29, 0.717) is 0 Å². The fourth-order valence-corrected chi connectivity index (χ4v) is 6.63. The molecule has 0 bridgehead atoms. The van der Waals surface area contributed by atoms with Crippen LogP contribution >= 0.6 is 0 Å². The van der Waals surface area contributed by atoms with E-state index in [0.717, 1.165) is 0 Å². The van der Waals surface area contributed by atoms with Crippen LogP contribution in [0.4, 0.5) is 0 Å². The highest BCUT2D eigenvalue weighted by Gasteiger charge is 2.39. The molecule has 1 saturated heterocycles. The third-order valence-corrected chi connectivity index (χ3v) is 7.28. The Morgan fingerprint density at radius 1 is 1.26 bits per heavy atom. The molecule has 1 atom stereocenters. The predicted octanol–water partition coefficient (Wildman–Crippen LogP) is 0.346. The molecule has 0 aliphatic carbocycles. The molecule has 1 aromatic carbocycles. The molecular weight excluding hydrogens is 292 g/mol. The lowest BCUT2D eigenvalue weighted by molar-refractivity contribution is 0.0692. The average Bonchev–Trinajstić information content (AvgIpc) is 2.70. The van der Waals surface area contributed by atoms with E-state index in [2.05, 4.69) is 0 Å². The first kappa shape index (κ1) is 14.0. The van der Waals surface area contributed by atoms with Crippen LogP contribution in [0, 0.1) is 0 Å². The van der Waals surface area contributed by atoms with Gasteiger partial charge in [0.15, 0.2) is 19.7 Å². The molecule has 1 heterocycles. The van der Waals surface area contributed by atoms with Crippen LogP contribution in [0.3, 0.4) is 0 Å². The molecule has 0 radical (unpaired) electrons. The lowest BCUT2D eigenvalue weighted by atomic mass is 10.2. The van der Waals surface area contributed by atoms with Gasteiger partial charge < -0.3 is 5.11 Å². The van der Waals surface area contributed by atoms with Gasteiger partial charge in [0.2, 0.25) is 0 Å². The fourth-order valence-electron chi connectivity index (χ4n) is 2.08. The van der Waals surface area contributed by atoms with Gasteiger partial charge in [-0.25, -0.2) is 21.6 Å². The highest BCUT2D eigenvalue weighted by Crippen LogP contribution is 2.27. The minimum atomic E-state index is -3.95. The van der Waals surface area contributed by atoms with E-state index in [9.17, 15) is 21.6 Å². The van der Waals surface area contributed by atoms with E-state index < -0.39 is 36.6 Å². The number of carboxylic acids is 1. The van der Waals surface area contributed by atoms with E-state index in [-0.39, 0.29) is 22.6 Å². The van der Waals surface area contributed by atoms with Crippen molar-refractivity contribution in [3.05, 3.63) is 29.8 Å². The van der Waals surface area contributed by atoms with E-state index in [1.807, 2.05) is 0 Å². The second kappa shape index (κ2) is 4.61. The molecule has 0 amide bonds. The quantitative estimate of drug-likeness (QED) is 0.863. The van der Waals surface area contributed by atoms with Crippen LogP contribution in [0.2, 0.25) is 0 Å². The Bertz CT molecular complexity index is 717. The standard InChI is InChI=1S/C11H12O6S2/c12-11(13)9-3-1-2-4-10(9)19(16,17)8-5-6-18(14,15)7-8/h1-4,8H,5-7H2,(H,12,13). The van der Waals surface area contributed by atoms with Crippen LogP contribution in [-0.2, 0) is 19.7 Å². The van der Waals surface area contributed by atoms with Crippen molar-refractivity contribution in [2.45, 2.75) is 16.6 Å². The average molecular weight is 304 g/mol. The van der Waals surface area contributed by atoms with Crippen LogP contribution in [0.1, 0.15) is 16.8 Å². The number of aromatic carboxylic acids is 1. The summed E-state index contributed by atoms with van der Waals surface area (Å²) in [6.45, 7) is 0. The van der Waals surface area contributed by atoms with Crippen molar-refractivity contribution in [3.63, 3.8) is 0 Å². The molecular formula is C11H12O6S2. The summed E-state index contributed by atoms with van der Waals surface area (Å²) in [5.74, 6) is -1.96. The predicted molar refractivity (Wildman–Crippen MR) is 67.6 cm³/mol. The maximum absolute atomic E-state index is 12.3. The van der Waals surface area contributed by atoms with Crippen molar-refractivity contribution in [1.29, 1.82) is 0 Å². The third kappa shape index (κ3) is 2.64. The molecule has 0 spiro atoms. The molecule has 1 fully saturated rings. The highest BCUT2D eigenvalue weighted by molar-refractivity contribution is 7.96. The Morgan fingerprint density at radius 3 is 2.42 bits per heavy atom. The molecule has 1 unspecified atom stereocenters. The van der Waals surface area contributed by atoms with Crippen molar-refractivity contribution >= 4 is 25.6 Å². The van der Waals surface area contributed by atoms with E-state index in [1.54, 1.807) is 0 Å². The summed E-state index contributed by atoms with van der Waals surface area (Å²) in [6, 6.07) is 5.24. The van der Waals surface area contributed by atoms with Crippen LogP contribution in [0.25, 0.3) is 0 Å². The monoisotopic (exact) mass is 304 g/mol. The second-order valence-electron chi connectivity index (χ2n) is 4.37. The van der Waals surface area contributed by atoms with Gasteiger partial charge in [0.25, 0.3) is 0 Å². The van der Waals surface area contributed by atoms with Crippen LogP contribution < -0.4 is 0 Å². The Balaban J connectivity index is 2.50. The van der Waals surface area contributed by atoms with Crippen LogP contribution in [-0.4, -0.2) is 44.7 Å². The van der Waals surface area contributed by atoms with Gasteiger partial charge in [-0.3, -0.25) is 0 Å². The summed E-state index contributed by atoms with van der Waals surface area (Å²) >= 11 is 0. The van der Waals surface area contributed by atoms with E-state index in [1.165, 1.54) is 24.3 Å². The molecule has 1 aromatic rings. The summed E-state index contributed by atoms with van der Waals surface area (Å²) in [4.78, 5) is 10.7. The first-order chi connectivity index (χ1) is 8.74. The number of carboxylic acid groups (broad SMARTS) is 1. The van der Waals surface area contributed by atoms with E-state index >= 15 is 0 Å². The van der Waals surface area contributed by atoms with Crippen LogP contribution in [0.5, 0.6) is 0 Å². The summed E-state index contributed by atoms with van der Waals surface area (Å²) < 4.78 is 47.4. The number of sulfone groups is 2. The molecule has 19 heavy (non-hydrogen) atoms. The molecule has 6 nitrogen and oxygen atoms in total. The van der Waals surface area contributed by atoms with Gasteiger partial charge in [-0.15, -0.1) is 0 Å². The molecule has 2 rings (SSSR count). The Hall–Kier alpha value is -1.41. The van der Waals surface area contributed by atoms with E-state index in [4.69, 9.17) is 5.11 Å². The van der Waals surface area contributed by atoms with Gasteiger partial charge in [-0.2, -0.15) is 0 Å². The van der Waals surface area contributed by atoms with Crippen molar-refractivity contribution < 1.29 is 26.7 Å². The summed E-state index contributed by atoms with van der Waals surface area (Å²) in [6.07, 6.45) is 0.0125. The third-order valence-electron chi connectivity index (χ3n) is 3.05. The molecule has 0 saturated carbocycles. The zero-order chi connectivity index (χ0) is 14.3. The Kier molecular flexibility index (Phi) is 3.40. The zero-order valence-electron chi connectivity index (χ0n) is 9.81. The van der Waals surface area contributed by atoms with Gasteiger partial charge in [-0.1, -0.05) is 12.1 Å². The molecule has 104 valence electrons. The number of hydrogen-bond donors (Lipinski definition) is 1. The lowest BCUT2D eigenvalue weighted by Crippen LogP contribution is -2.24. The minimum absolute atomic E-state index is 0.0125. The maximum atomic E-state index is 12.3. The second-order valence-corrected chi connectivity index (χ2v) is 8.80. The van der Waals surface area contributed by atoms with Crippen molar-refractivity contribution in [2.75, 3.05) is 11.5 Å². The molecule has 0 aromatic heterocycles. The molecule has 1 aliphatic rings. The van der Waals surface area contributed by atoms with Gasteiger partial charge in [0.05, 0.1) is 27.2 Å². The fraction of sp³-hybridized carbons (Fsp3) is 0.364. The van der Waals surface area contributed by atoms with Crippen molar-refractivity contribution in [3.8, 4) is 0 Å². The topological polar surface area (TPSA) is 106 Å². The number of carbonyl (C=O) groups is 1. The van der Waals surface area contributed by atoms with Gasteiger partial charge in [0, 0.05) is 0 Å². The normalized spacial score (nSPS) is 22.2. The Morgan fingerprint density at radius 2 is 1.89 bits per heavy atom. The van der Waals surface area contributed by atoms with Crippen LogP contribution in [0.15, 0.2) is 29.2 Å². The summed E-state index contributed by atoms with van der Waals surface area (Å²) in [5, 5.41) is 7.93. The maximum Gasteiger partial charge on any atom is 0.337 e.